The minimum absolute atomic E-state index is 0.0942. The van der Waals surface area contributed by atoms with Gasteiger partial charge in [0, 0.05) is 24.7 Å². The Balaban J connectivity index is 1.78. The summed E-state index contributed by atoms with van der Waals surface area (Å²) < 4.78 is 27.3. The maximum atomic E-state index is 12.9. The normalized spacial score (nSPS) is 15.0. The number of carbonyl (C=O) groups is 1. The molecule has 0 spiro atoms. The summed E-state index contributed by atoms with van der Waals surface area (Å²) >= 11 is 0. The summed E-state index contributed by atoms with van der Waals surface area (Å²) in [5.74, 6) is -0.222. The second-order valence-electron chi connectivity index (χ2n) is 6.53. The van der Waals surface area contributed by atoms with Gasteiger partial charge in [-0.25, -0.2) is 8.42 Å². The van der Waals surface area contributed by atoms with Crippen molar-refractivity contribution in [2.24, 2.45) is 5.92 Å². The summed E-state index contributed by atoms with van der Waals surface area (Å²) in [7, 11) is -3.55. The molecule has 0 aromatic heterocycles. The van der Waals surface area contributed by atoms with Crippen molar-refractivity contribution < 1.29 is 13.2 Å². The fourth-order valence-electron chi connectivity index (χ4n) is 2.82. The zero-order valence-corrected chi connectivity index (χ0v) is 15.2. The number of sulfonamides is 1. The molecule has 2 aromatic rings. The average Bonchev–Trinajstić information content (AvgIpc) is 2.61. The first-order chi connectivity index (χ1) is 11.9. The van der Waals surface area contributed by atoms with Crippen LogP contribution in [0.5, 0.6) is 0 Å². The zero-order chi connectivity index (χ0) is 18.0. The first-order valence-electron chi connectivity index (χ1n) is 8.36. The van der Waals surface area contributed by atoms with Crippen molar-refractivity contribution in [3.8, 4) is 0 Å². The number of carbonyl (C=O) groups excluding carboxylic acids is 1. The quantitative estimate of drug-likeness (QED) is 0.913. The van der Waals surface area contributed by atoms with E-state index in [0.29, 0.717) is 18.8 Å². The Morgan fingerprint density at radius 2 is 1.68 bits per heavy atom. The van der Waals surface area contributed by atoms with E-state index in [-0.39, 0.29) is 16.7 Å². The molecule has 5 nitrogen and oxygen atoms in total. The van der Waals surface area contributed by atoms with Gasteiger partial charge < -0.3 is 5.32 Å². The second kappa shape index (κ2) is 6.98. The molecule has 1 heterocycles. The van der Waals surface area contributed by atoms with Gasteiger partial charge in [0.1, 0.15) is 0 Å². The third-order valence-corrected chi connectivity index (χ3v) is 6.24. The van der Waals surface area contributed by atoms with Crippen LogP contribution in [0.2, 0.25) is 0 Å². The van der Waals surface area contributed by atoms with Crippen molar-refractivity contribution in [2.75, 3.05) is 11.9 Å². The lowest BCUT2D eigenvalue weighted by molar-refractivity contribution is -0.118. The van der Waals surface area contributed by atoms with Crippen LogP contribution in [0.15, 0.2) is 53.4 Å². The van der Waals surface area contributed by atoms with Crippen LogP contribution in [0.3, 0.4) is 0 Å². The number of amides is 1. The Kier molecular flexibility index (Phi) is 4.92. The van der Waals surface area contributed by atoms with Crippen molar-refractivity contribution in [1.29, 1.82) is 0 Å². The number of rotatable bonds is 4. The third kappa shape index (κ3) is 3.75. The van der Waals surface area contributed by atoms with Gasteiger partial charge in [-0.3, -0.25) is 4.79 Å². The van der Waals surface area contributed by atoms with Gasteiger partial charge in [-0.2, -0.15) is 4.31 Å². The first kappa shape index (κ1) is 17.6. The fourth-order valence-corrected chi connectivity index (χ4v) is 4.24. The minimum Gasteiger partial charge on any atom is -0.326 e. The van der Waals surface area contributed by atoms with Crippen molar-refractivity contribution in [2.45, 2.75) is 31.7 Å². The largest absolute Gasteiger partial charge is 0.326 e. The molecule has 1 N–H and O–H groups in total. The topological polar surface area (TPSA) is 66.5 Å². The molecule has 0 radical (unpaired) electrons. The van der Waals surface area contributed by atoms with Crippen LogP contribution in [-0.2, 0) is 27.8 Å². The number of hydrogen-bond acceptors (Lipinski definition) is 3. The molecule has 0 bridgehead atoms. The number of anilines is 1. The van der Waals surface area contributed by atoms with Crippen LogP contribution in [0, 0.1) is 5.92 Å². The Labute approximate surface area is 148 Å². The van der Waals surface area contributed by atoms with Crippen LogP contribution >= 0.6 is 0 Å². The monoisotopic (exact) mass is 358 g/mol. The van der Waals surface area contributed by atoms with Crippen molar-refractivity contribution >= 4 is 21.6 Å². The standard InChI is InChI=1S/C19H22N2O3S/c1-14(2)19(22)20-17-7-9-18(10-8-17)25(23,24)21-12-11-15-5-3-4-6-16(15)13-21/h3-10,14H,11-13H2,1-2H3,(H,20,22). The van der Waals surface area contributed by atoms with E-state index < -0.39 is 10.0 Å². The molecule has 6 heteroatoms. The molecular formula is C19H22N2O3S. The molecular weight excluding hydrogens is 336 g/mol. The second-order valence-corrected chi connectivity index (χ2v) is 8.46. The molecule has 1 aliphatic heterocycles. The van der Waals surface area contributed by atoms with E-state index in [1.807, 2.05) is 38.1 Å². The lowest BCUT2D eigenvalue weighted by Crippen LogP contribution is -2.35. The van der Waals surface area contributed by atoms with E-state index in [0.717, 1.165) is 12.0 Å². The predicted octanol–water partition coefficient (Wildman–Crippen LogP) is 3.03. The van der Waals surface area contributed by atoms with Crippen molar-refractivity contribution in [3.05, 3.63) is 59.7 Å². The first-order valence-corrected chi connectivity index (χ1v) is 9.80. The molecule has 132 valence electrons. The van der Waals surface area contributed by atoms with Crippen LogP contribution < -0.4 is 5.32 Å². The van der Waals surface area contributed by atoms with E-state index in [1.54, 1.807) is 24.3 Å². The molecule has 0 fully saturated rings. The molecule has 0 atom stereocenters. The Bertz CT molecular complexity index is 874. The van der Waals surface area contributed by atoms with Crippen LogP contribution in [0.4, 0.5) is 5.69 Å². The van der Waals surface area contributed by atoms with E-state index in [4.69, 9.17) is 0 Å². The molecule has 0 aliphatic carbocycles. The number of hydrogen-bond donors (Lipinski definition) is 1. The maximum absolute atomic E-state index is 12.9. The molecule has 0 saturated heterocycles. The van der Waals surface area contributed by atoms with Gasteiger partial charge in [-0.15, -0.1) is 0 Å². The van der Waals surface area contributed by atoms with Gasteiger partial charge in [-0.05, 0) is 41.8 Å². The average molecular weight is 358 g/mol. The van der Waals surface area contributed by atoms with Crippen LogP contribution in [0.1, 0.15) is 25.0 Å². The highest BCUT2D eigenvalue weighted by Gasteiger charge is 2.28. The summed E-state index contributed by atoms with van der Waals surface area (Å²) in [4.78, 5) is 12.0. The summed E-state index contributed by atoms with van der Waals surface area (Å²) in [6, 6.07) is 14.3. The van der Waals surface area contributed by atoms with Crippen LogP contribution in [0.25, 0.3) is 0 Å². The van der Waals surface area contributed by atoms with Gasteiger partial charge in [0.2, 0.25) is 15.9 Å². The molecule has 1 aliphatic rings. The summed E-state index contributed by atoms with van der Waals surface area (Å²) in [6.45, 7) is 4.49. The van der Waals surface area contributed by atoms with Gasteiger partial charge in [0.05, 0.1) is 4.90 Å². The minimum atomic E-state index is -3.55. The van der Waals surface area contributed by atoms with E-state index in [9.17, 15) is 13.2 Å². The highest BCUT2D eigenvalue weighted by Crippen LogP contribution is 2.25. The van der Waals surface area contributed by atoms with Crippen molar-refractivity contribution in [3.63, 3.8) is 0 Å². The van der Waals surface area contributed by atoms with E-state index in [1.165, 1.54) is 9.87 Å². The summed E-state index contributed by atoms with van der Waals surface area (Å²) in [5.41, 5.74) is 2.86. The zero-order valence-electron chi connectivity index (χ0n) is 14.4. The fraction of sp³-hybridized carbons (Fsp3) is 0.316. The lowest BCUT2D eigenvalue weighted by Gasteiger charge is -2.28. The number of benzene rings is 2. The Hall–Kier alpha value is -2.18. The SMILES string of the molecule is CC(C)C(=O)Nc1ccc(S(=O)(=O)N2CCc3ccccc3C2)cc1. The van der Waals surface area contributed by atoms with Gasteiger partial charge in [-0.1, -0.05) is 38.1 Å². The highest BCUT2D eigenvalue weighted by molar-refractivity contribution is 7.89. The van der Waals surface area contributed by atoms with Gasteiger partial charge in [0.15, 0.2) is 0 Å². The summed E-state index contributed by atoms with van der Waals surface area (Å²) in [5, 5.41) is 2.77. The molecule has 2 aromatic carbocycles. The van der Waals surface area contributed by atoms with E-state index in [2.05, 4.69) is 5.32 Å². The third-order valence-electron chi connectivity index (χ3n) is 4.38. The van der Waals surface area contributed by atoms with Crippen molar-refractivity contribution in [1.82, 2.24) is 4.31 Å². The maximum Gasteiger partial charge on any atom is 0.243 e. The van der Waals surface area contributed by atoms with Crippen LogP contribution in [-0.4, -0.2) is 25.2 Å². The van der Waals surface area contributed by atoms with Gasteiger partial charge >= 0.3 is 0 Å². The molecule has 25 heavy (non-hydrogen) atoms. The predicted molar refractivity (Wildman–Crippen MR) is 97.7 cm³/mol. The molecule has 3 rings (SSSR count). The number of nitrogens with zero attached hydrogens (tertiary/aromatic N) is 1. The lowest BCUT2D eigenvalue weighted by atomic mass is 10.0. The summed E-state index contributed by atoms with van der Waals surface area (Å²) in [6.07, 6.45) is 0.720. The molecule has 0 unspecified atom stereocenters. The molecule has 1 amide bonds. The highest BCUT2D eigenvalue weighted by atomic mass is 32.2. The Morgan fingerprint density at radius 1 is 1.04 bits per heavy atom. The Morgan fingerprint density at radius 3 is 2.32 bits per heavy atom. The number of nitrogens with one attached hydrogen (secondary N) is 1. The van der Waals surface area contributed by atoms with E-state index >= 15 is 0 Å². The molecule has 0 saturated carbocycles. The van der Waals surface area contributed by atoms with Gasteiger partial charge in [0.25, 0.3) is 0 Å². The number of fused-ring (bicyclic) bond motifs is 1. The smallest absolute Gasteiger partial charge is 0.243 e.